The number of rotatable bonds is 9. The lowest BCUT2D eigenvalue weighted by Crippen LogP contribution is -2.47. The Morgan fingerprint density at radius 1 is 1.15 bits per heavy atom. The number of ether oxygens (including phenoxy) is 2. The van der Waals surface area contributed by atoms with Crippen LogP contribution in [0.25, 0.3) is 0 Å². The van der Waals surface area contributed by atoms with Crippen molar-refractivity contribution in [2.24, 2.45) is 7.05 Å². The van der Waals surface area contributed by atoms with Gasteiger partial charge in [0.05, 0.1) is 13.0 Å². The largest absolute Gasteiger partial charge is 0.490 e. The number of benzene rings is 1. The van der Waals surface area contributed by atoms with Gasteiger partial charge in [0.1, 0.15) is 0 Å². The lowest BCUT2D eigenvalue weighted by molar-refractivity contribution is -0.271. The number of imidazole rings is 1. The van der Waals surface area contributed by atoms with E-state index in [0.717, 1.165) is 10.8 Å². The number of carbonyl (C=O) groups excluding carboxylic acids is 1. The third-order valence-electron chi connectivity index (χ3n) is 4.73. The topological polar surface area (TPSA) is 98.5 Å². The van der Waals surface area contributed by atoms with Crippen molar-refractivity contribution < 1.29 is 32.5 Å². The van der Waals surface area contributed by atoms with Crippen molar-refractivity contribution in [3.63, 3.8) is 0 Å². The van der Waals surface area contributed by atoms with Crippen molar-refractivity contribution in [3.8, 4) is 17.4 Å². The predicted octanol–water partition coefficient (Wildman–Crippen LogP) is 3.46. The molecule has 0 fully saturated rings. The molecule has 2 N–H and O–H groups in total. The zero-order chi connectivity index (χ0) is 24.1. The molecule has 0 saturated heterocycles. The van der Waals surface area contributed by atoms with E-state index < -0.39 is 29.9 Å². The maximum atomic E-state index is 13.6. The maximum Gasteiger partial charge on any atom is 0.425 e. The van der Waals surface area contributed by atoms with Crippen molar-refractivity contribution in [1.82, 2.24) is 19.9 Å². The molecule has 1 unspecified atom stereocenters. The van der Waals surface area contributed by atoms with Gasteiger partial charge in [0, 0.05) is 38.2 Å². The average molecular weight is 464 g/mol. The summed E-state index contributed by atoms with van der Waals surface area (Å²) in [6.45, 7) is 2.23. The predicted molar refractivity (Wildman–Crippen MR) is 112 cm³/mol. The van der Waals surface area contributed by atoms with E-state index in [2.05, 4.69) is 15.3 Å². The first kappa shape index (κ1) is 24.1. The van der Waals surface area contributed by atoms with E-state index in [1.54, 1.807) is 30.3 Å². The van der Waals surface area contributed by atoms with Crippen LogP contribution in [0.2, 0.25) is 0 Å². The molecule has 1 aromatic carbocycles. The van der Waals surface area contributed by atoms with Crippen LogP contribution in [0.1, 0.15) is 24.7 Å². The van der Waals surface area contributed by atoms with Crippen LogP contribution in [-0.2, 0) is 24.0 Å². The molecule has 0 aliphatic carbocycles. The van der Waals surface area contributed by atoms with Crippen molar-refractivity contribution >= 4 is 5.91 Å². The summed E-state index contributed by atoms with van der Waals surface area (Å²) < 4.78 is 52.9. The fraction of sp³-hybridized carbons (Fsp3) is 0.318. The number of aliphatic hydroxyl groups is 1. The number of aromatic nitrogens is 3. The molecule has 0 radical (unpaired) electrons. The number of nitrogens with zero attached hydrogens (tertiary/aromatic N) is 3. The number of hydrogen-bond donors (Lipinski definition) is 2. The highest BCUT2D eigenvalue weighted by molar-refractivity contribution is 5.77. The zero-order valence-corrected chi connectivity index (χ0v) is 18.0. The molecule has 8 nitrogen and oxygen atoms in total. The standard InChI is InChI=1S/C22H23F3N4O4/c1-3-32-16-6-4-5-7-17(16)33-19-9-8-15(14-28-19)13-27-18(30)12-21(31,22(23,24)25)20-26-10-11-29(20)2/h4-11,14,31H,3,12-13H2,1-2H3,(H,27,30). The van der Waals surface area contributed by atoms with E-state index in [9.17, 15) is 23.1 Å². The van der Waals surface area contributed by atoms with Crippen LogP contribution in [0.5, 0.6) is 17.4 Å². The van der Waals surface area contributed by atoms with Crippen molar-refractivity contribution in [3.05, 3.63) is 66.4 Å². The summed E-state index contributed by atoms with van der Waals surface area (Å²) in [5.74, 6) is -0.348. The number of para-hydroxylation sites is 2. The summed E-state index contributed by atoms with van der Waals surface area (Å²) in [6.07, 6.45) is -2.53. The van der Waals surface area contributed by atoms with E-state index in [1.165, 1.54) is 19.4 Å². The smallest absolute Gasteiger partial charge is 0.425 e. The summed E-state index contributed by atoms with van der Waals surface area (Å²) in [5, 5.41) is 12.7. The van der Waals surface area contributed by atoms with Gasteiger partial charge < -0.3 is 24.5 Å². The molecule has 2 aromatic heterocycles. The Hall–Kier alpha value is -3.60. The first-order valence-corrected chi connectivity index (χ1v) is 10.0. The number of carbonyl (C=O) groups is 1. The first-order valence-electron chi connectivity index (χ1n) is 10.0. The lowest BCUT2D eigenvalue weighted by Gasteiger charge is -2.29. The molecule has 0 spiro atoms. The summed E-state index contributed by atoms with van der Waals surface area (Å²) >= 11 is 0. The molecule has 2 heterocycles. The second kappa shape index (κ2) is 9.90. The third kappa shape index (κ3) is 5.61. The number of aryl methyl sites for hydroxylation is 1. The van der Waals surface area contributed by atoms with Crippen LogP contribution in [-0.4, -0.2) is 38.3 Å². The second-order valence-electron chi connectivity index (χ2n) is 7.16. The minimum atomic E-state index is -5.10. The van der Waals surface area contributed by atoms with E-state index in [1.807, 2.05) is 13.0 Å². The summed E-state index contributed by atoms with van der Waals surface area (Å²) in [4.78, 5) is 19.9. The summed E-state index contributed by atoms with van der Waals surface area (Å²) in [6, 6.07) is 10.3. The van der Waals surface area contributed by atoms with Gasteiger partial charge >= 0.3 is 6.18 Å². The van der Waals surface area contributed by atoms with E-state index in [4.69, 9.17) is 9.47 Å². The Morgan fingerprint density at radius 2 is 1.88 bits per heavy atom. The van der Waals surface area contributed by atoms with Crippen LogP contribution < -0.4 is 14.8 Å². The summed E-state index contributed by atoms with van der Waals surface area (Å²) in [5.41, 5.74) is -2.89. The first-order chi connectivity index (χ1) is 15.6. The van der Waals surface area contributed by atoms with Crippen molar-refractivity contribution in [1.29, 1.82) is 0 Å². The van der Waals surface area contributed by atoms with Crippen LogP contribution in [0, 0.1) is 0 Å². The number of halogens is 3. The number of amides is 1. The van der Waals surface area contributed by atoms with Gasteiger partial charge in [-0.25, -0.2) is 9.97 Å². The molecule has 0 aliphatic heterocycles. The monoisotopic (exact) mass is 464 g/mol. The highest BCUT2D eigenvalue weighted by Gasteiger charge is 2.58. The van der Waals surface area contributed by atoms with Gasteiger partial charge in [-0.2, -0.15) is 13.2 Å². The van der Waals surface area contributed by atoms with Gasteiger partial charge in [-0.05, 0) is 24.6 Å². The lowest BCUT2D eigenvalue weighted by atomic mass is 9.97. The summed E-state index contributed by atoms with van der Waals surface area (Å²) in [7, 11) is 1.30. The van der Waals surface area contributed by atoms with Crippen LogP contribution in [0.3, 0.4) is 0 Å². The number of nitrogens with one attached hydrogen (secondary N) is 1. The van der Waals surface area contributed by atoms with Gasteiger partial charge in [-0.15, -0.1) is 0 Å². The van der Waals surface area contributed by atoms with Crippen molar-refractivity contribution in [2.45, 2.75) is 31.7 Å². The molecule has 1 amide bonds. The van der Waals surface area contributed by atoms with Crippen LogP contribution >= 0.6 is 0 Å². The Morgan fingerprint density at radius 3 is 2.45 bits per heavy atom. The molecule has 1 atom stereocenters. The van der Waals surface area contributed by atoms with E-state index >= 15 is 0 Å². The SMILES string of the molecule is CCOc1ccccc1Oc1ccc(CNC(=O)CC(O)(c2nccn2C)C(F)(F)F)cn1. The maximum absolute atomic E-state index is 13.6. The Bertz CT molecular complexity index is 1090. The van der Waals surface area contributed by atoms with Crippen LogP contribution in [0.15, 0.2) is 55.0 Å². The third-order valence-corrected chi connectivity index (χ3v) is 4.73. The molecular weight excluding hydrogens is 441 g/mol. The molecular formula is C22H23F3N4O4. The van der Waals surface area contributed by atoms with Crippen molar-refractivity contribution in [2.75, 3.05) is 6.61 Å². The molecule has 3 rings (SSSR count). The fourth-order valence-electron chi connectivity index (χ4n) is 3.06. The van der Waals surface area contributed by atoms with Gasteiger partial charge in [-0.3, -0.25) is 4.79 Å². The second-order valence-corrected chi connectivity index (χ2v) is 7.16. The highest BCUT2D eigenvalue weighted by atomic mass is 19.4. The fourth-order valence-corrected chi connectivity index (χ4v) is 3.06. The molecule has 0 saturated carbocycles. The van der Waals surface area contributed by atoms with Gasteiger partial charge in [0.15, 0.2) is 17.3 Å². The van der Waals surface area contributed by atoms with Gasteiger partial charge in [0.25, 0.3) is 0 Å². The number of alkyl halides is 3. The van der Waals surface area contributed by atoms with Gasteiger partial charge in [-0.1, -0.05) is 18.2 Å². The Labute approximate surface area is 188 Å². The number of hydrogen-bond acceptors (Lipinski definition) is 6. The minimum absolute atomic E-state index is 0.0872. The molecule has 0 aliphatic rings. The quantitative estimate of drug-likeness (QED) is 0.503. The molecule has 0 bridgehead atoms. The Balaban J connectivity index is 1.62. The van der Waals surface area contributed by atoms with E-state index in [-0.39, 0.29) is 12.4 Å². The minimum Gasteiger partial charge on any atom is -0.490 e. The Kier molecular flexibility index (Phi) is 7.22. The normalized spacial score (nSPS) is 13.3. The number of pyridine rings is 1. The van der Waals surface area contributed by atoms with Crippen LogP contribution in [0.4, 0.5) is 13.2 Å². The molecule has 11 heteroatoms. The molecule has 3 aromatic rings. The molecule has 33 heavy (non-hydrogen) atoms. The molecule has 176 valence electrons. The zero-order valence-electron chi connectivity index (χ0n) is 18.0. The van der Waals surface area contributed by atoms with Gasteiger partial charge in [0.2, 0.25) is 17.4 Å². The average Bonchev–Trinajstić information content (AvgIpc) is 3.20. The highest BCUT2D eigenvalue weighted by Crippen LogP contribution is 2.40. The van der Waals surface area contributed by atoms with E-state index in [0.29, 0.717) is 23.7 Å².